The molecule has 0 heterocycles. The summed E-state index contributed by atoms with van der Waals surface area (Å²) in [5.74, 6) is -1.11. The zero-order chi connectivity index (χ0) is 18.0. The molecule has 0 aliphatic rings. The molecule has 0 saturated carbocycles. The van der Waals surface area contributed by atoms with Crippen molar-refractivity contribution in [3.8, 4) is 12.8 Å². The zero-order valence-electron chi connectivity index (χ0n) is 13.6. The molecule has 8 heteroatoms. The van der Waals surface area contributed by atoms with Crippen LogP contribution in [0.5, 0.6) is 0 Å². The number of carbonyl (C=O) groups is 2. The number of amides is 1. The van der Waals surface area contributed by atoms with Crippen LogP contribution in [-0.4, -0.2) is 36.4 Å². The highest BCUT2D eigenvalue weighted by molar-refractivity contribution is 7.53. The summed E-state index contributed by atoms with van der Waals surface area (Å²) in [6.45, 7) is 6.02. The minimum Gasteiger partial charge on any atom is -0.481 e. The highest BCUT2D eigenvalue weighted by Gasteiger charge is 2.22. The molecule has 0 atom stereocenters. The van der Waals surface area contributed by atoms with Gasteiger partial charge in [-0.3, -0.25) is 14.2 Å². The molecule has 0 aliphatic carbocycles. The van der Waals surface area contributed by atoms with E-state index in [4.69, 9.17) is 19.9 Å². The van der Waals surface area contributed by atoms with Crippen LogP contribution < -0.4 is 5.73 Å². The first-order valence-corrected chi connectivity index (χ1v) is 8.75. The Morgan fingerprint density at radius 3 is 1.77 bits per heavy atom. The highest BCUT2D eigenvalue weighted by atomic mass is 31.2. The minimum absolute atomic E-state index is 0.212. The lowest BCUT2D eigenvalue weighted by atomic mass is 10.3. The summed E-state index contributed by atoms with van der Waals surface area (Å²) in [6.07, 6.45) is 9.92. The van der Waals surface area contributed by atoms with Gasteiger partial charge in [-0.2, -0.15) is 0 Å². The molecular formula is C14H28NO6P. The third-order valence-electron chi connectivity index (χ3n) is 1.97. The molecular weight excluding hydrogens is 309 g/mol. The second-order valence-corrected chi connectivity index (χ2v) is 6.07. The van der Waals surface area contributed by atoms with Crippen molar-refractivity contribution < 1.29 is 28.3 Å². The van der Waals surface area contributed by atoms with E-state index in [9.17, 15) is 14.2 Å². The Morgan fingerprint density at radius 1 is 1.09 bits per heavy atom. The lowest BCUT2D eigenvalue weighted by molar-refractivity contribution is -0.137. The molecule has 0 rings (SSSR count). The minimum atomic E-state index is -2.98. The normalized spacial score (nSPS) is 9.68. The quantitative estimate of drug-likeness (QED) is 0.467. The molecule has 22 heavy (non-hydrogen) atoms. The van der Waals surface area contributed by atoms with Crippen molar-refractivity contribution in [3.63, 3.8) is 0 Å². The Bertz CT molecular complexity index is 346. The molecule has 130 valence electrons. The van der Waals surface area contributed by atoms with Gasteiger partial charge in [-0.25, -0.2) is 0 Å². The fourth-order valence-electron chi connectivity index (χ4n) is 1.22. The molecule has 0 aromatic heterocycles. The zero-order valence-corrected chi connectivity index (χ0v) is 14.5. The van der Waals surface area contributed by atoms with Crippen molar-refractivity contribution in [2.45, 2.75) is 46.5 Å². The summed E-state index contributed by atoms with van der Waals surface area (Å²) in [5, 5.41) is 7.91. The van der Waals surface area contributed by atoms with Crippen LogP contribution in [0.15, 0.2) is 0 Å². The summed E-state index contributed by atoms with van der Waals surface area (Å²) in [5.41, 5.74) is 4.96. The topological polar surface area (TPSA) is 116 Å². The first-order chi connectivity index (χ1) is 10.3. The molecule has 0 saturated heterocycles. The lowest BCUT2D eigenvalue weighted by Crippen LogP contribution is -2.11. The maximum absolute atomic E-state index is 11.8. The van der Waals surface area contributed by atoms with Crippen molar-refractivity contribution in [1.82, 2.24) is 0 Å². The molecule has 7 nitrogen and oxygen atoms in total. The number of primary amides is 1. The monoisotopic (exact) mass is 337 g/mol. The van der Waals surface area contributed by atoms with Gasteiger partial charge in [0.25, 0.3) is 0 Å². The molecule has 1 amide bonds. The first-order valence-electron chi connectivity index (χ1n) is 7.02. The van der Waals surface area contributed by atoms with Gasteiger partial charge in [-0.15, -0.1) is 12.8 Å². The second kappa shape index (κ2) is 17.7. The third kappa shape index (κ3) is 21.0. The van der Waals surface area contributed by atoms with Crippen LogP contribution in [-0.2, 0) is 23.2 Å². The fraction of sp³-hybridized carbons (Fsp3) is 0.714. The number of aliphatic carboxylic acids is 1. The van der Waals surface area contributed by atoms with Crippen LogP contribution in [0.25, 0.3) is 0 Å². The number of hydrogen-bond donors (Lipinski definition) is 2. The van der Waals surface area contributed by atoms with E-state index in [1.54, 1.807) is 13.8 Å². The van der Waals surface area contributed by atoms with Gasteiger partial charge in [0.2, 0.25) is 5.91 Å². The van der Waals surface area contributed by atoms with Gasteiger partial charge in [0.1, 0.15) is 0 Å². The van der Waals surface area contributed by atoms with E-state index in [0.717, 1.165) is 6.42 Å². The SMILES string of the molecule is C#C.CCCC(=O)O.CCOP(=O)(CCCC(N)=O)OCC. The first kappa shape index (κ1) is 25.6. The maximum Gasteiger partial charge on any atom is 0.330 e. The van der Waals surface area contributed by atoms with Crippen LogP contribution in [0.4, 0.5) is 0 Å². The van der Waals surface area contributed by atoms with Crippen LogP contribution in [0.2, 0.25) is 0 Å². The van der Waals surface area contributed by atoms with E-state index in [-0.39, 0.29) is 12.6 Å². The molecule has 0 bridgehead atoms. The predicted octanol–water partition coefficient (Wildman–Crippen LogP) is 2.64. The third-order valence-corrected chi connectivity index (χ3v) is 4.14. The Labute approximate surface area is 133 Å². The van der Waals surface area contributed by atoms with Gasteiger partial charge in [0.05, 0.1) is 19.4 Å². The van der Waals surface area contributed by atoms with Crippen LogP contribution >= 0.6 is 7.60 Å². The van der Waals surface area contributed by atoms with Crippen molar-refractivity contribution in [2.24, 2.45) is 5.73 Å². The Balaban J connectivity index is -0.000000378. The number of carboxylic acids is 1. The number of hydrogen-bond acceptors (Lipinski definition) is 5. The molecule has 0 spiro atoms. The average molecular weight is 337 g/mol. The summed E-state index contributed by atoms with van der Waals surface area (Å²) in [6, 6.07) is 0. The molecule has 0 aliphatic heterocycles. The van der Waals surface area contributed by atoms with Gasteiger partial charge < -0.3 is 19.9 Å². The van der Waals surface area contributed by atoms with E-state index >= 15 is 0 Å². The van der Waals surface area contributed by atoms with Gasteiger partial charge in [0.15, 0.2) is 0 Å². The standard InChI is InChI=1S/C8H18NO4P.C4H8O2.C2H2/c1-3-12-14(11,13-4-2)7-5-6-8(9)10;1-2-3-4(5)6;1-2/h3-7H2,1-2H3,(H2,9,10);2-3H2,1H3,(H,5,6);1-2H. The molecule has 0 fully saturated rings. The van der Waals surface area contributed by atoms with E-state index in [1.807, 2.05) is 6.92 Å². The summed E-state index contributed by atoms with van der Waals surface area (Å²) >= 11 is 0. The highest BCUT2D eigenvalue weighted by Crippen LogP contribution is 2.48. The van der Waals surface area contributed by atoms with Gasteiger partial charge in [-0.05, 0) is 26.7 Å². The smallest absolute Gasteiger partial charge is 0.330 e. The van der Waals surface area contributed by atoms with Crippen LogP contribution in [0.3, 0.4) is 0 Å². The fourth-order valence-corrected chi connectivity index (χ4v) is 2.89. The number of nitrogens with two attached hydrogens (primary N) is 1. The van der Waals surface area contributed by atoms with Crippen molar-refractivity contribution >= 4 is 19.5 Å². The number of terminal acetylenes is 1. The van der Waals surface area contributed by atoms with E-state index < -0.39 is 19.5 Å². The van der Waals surface area contributed by atoms with Gasteiger partial charge in [0, 0.05) is 12.8 Å². The van der Waals surface area contributed by atoms with Crippen LogP contribution in [0, 0.1) is 12.8 Å². The maximum atomic E-state index is 11.8. The largest absolute Gasteiger partial charge is 0.481 e. The average Bonchev–Trinajstić information content (AvgIpc) is 2.41. The number of rotatable bonds is 10. The van der Waals surface area contributed by atoms with Crippen molar-refractivity contribution in [1.29, 1.82) is 0 Å². The Hall–Kier alpha value is -1.35. The second-order valence-electron chi connectivity index (χ2n) is 3.88. The van der Waals surface area contributed by atoms with Gasteiger partial charge in [-0.1, -0.05) is 6.92 Å². The molecule has 3 N–H and O–H groups in total. The van der Waals surface area contributed by atoms with E-state index in [0.29, 0.717) is 26.1 Å². The predicted molar refractivity (Wildman–Crippen MR) is 86.6 cm³/mol. The van der Waals surface area contributed by atoms with Gasteiger partial charge >= 0.3 is 13.6 Å². The van der Waals surface area contributed by atoms with Crippen molar-refractivity contribution in [2.75, 3.05) is 19.4 Å². The summed E-state index contributed by atoms with van der Waals surface area (Å²) in [7, 11) is -2.98. The van der Waals surface area contributed by atoms with Crippen molar-refractivity contribution in [3.05, 3.63) is 0 Å². The Kier molecular flexibility index (Phi) is 20.6. The van der Waals surface area contributed by atoms with Crippen LogP contribution in [0.1, 0.15) is 46.5 Å². The van der Waals surface area contributed by atoms with E-state index in [2.05, 4.69) is 12.8 Å². The lowest BCUT2D eigenvalue weighted by Gasteiger charge is -2.16. The summed E-state index contributed by atoms with van der Waals surface area (Å²) in [4.78, 5) is 20.1. The number of carbonyl (C=O) groups excluding carboxylic acids is 1. The molecule has 0 unspecified atom stereocenters. The summed E-state index contributed by atoms with van der Waals surface area (Å²) < 4.78 is 21.9. The Morgan fingerprint density at radius 2 is 1.55 bits per heavy atom. The molecule has 0 radical (unpaired) electrons. The molecule has 0 aromatic carbocycles. The van der Waals surface area contributed by atoms with E-state index in [1.165, 1.54) is 0 Å². The molecule has 0 aromatic rings. The number of carboxylic acid groups (broad SMARTS) is 1.